The van der Waals surface area contributed by atoms with Crippen molar-refractivity contribution >= 4 is 22.7 Å². The minimum atomic E-state index is 0.585. The second-order valence-corrected chi connectivity index (χ2v) is 7.35. The maximum Gasteiger partial charge on any atom is 0.204 e. The van der Waals surface area contributed by atoms with Crippen LogP contribution < -0.4 is 14.9 Å². The number of nitrogens with zero attached hydrogens (tertiary/aromatic N) is 2. The van der Waals surface area contributed by atoms with E-state index in [0.29, 0.717) is 13.2 Å². The first-order chi connectivity index (χ1) is 13.7. The molecule has 0 aliphatic rings. The molecule has 0 bridgehead atoms. The van der Waals surface area contributed by atoms with E-state index in [9.17, 15) is 0 Å². The molecule has 1 N–H and O–H groups in total. The standard InChI is InChI=1S/C22H25N3O2S/c1-4-13-27-19-12-11-17(14-20(19)26-5-2)15-23-25-22-24-21(16(3)28-22)18-9-7-6-8-10-18/h6-12,14-15H,4-5,13H2,1-3H3,(H,24,25)/b23-15+. The van der Waals surface area contributed by atoms with E-state index in [1.807, 2.05) is 43.3 Å². The molecule has 28 heavy (non-hydrogen) atoms. The molecule has 146 valence electrons. The molecule has 0 fully saturated rings. The van der Waals surface area contributed by atoms with E-state index in [1.165, 1.54) is 0 Å². The van der Waals surface area contributed by atoms with E-state index in [-0.39, 0.29) is 0 Å². The number of ether oxygens (including phenoxy) is 2. The number of benzene rings is 2. The number of anilines is 1. The molecule has 6 heteroatoms. The van der Waals surface area contributed by atoms with Crippen molar-refractivity contribution in [3.05, 3.63) is 59.0 Å². The van der Waals surface area contributed by atoms with Gasteiger partial charge in [0.05, 0.1) is 25.1 Å². The van der Waals surface area contributed by atoms with Gasteiger partial charge in [0.1, 0.15) is 0 Å². The smallest absolute Gasteiger partial charge is 0.204 e. The molecule has 0 aliphatic carbocycles. The van der Waals surface area contributed by atoms with Gasteiger partial charge < -0.3 is 9.47 Å². The van der Waals surface area contributed by atoms with Gasteiger partial charge in [-0.25, -0.2) is 4.98 Å². The van der Waals surface area contributed by atoms with Gasteiger partial charge in [0, 0.05) is 10.4 Å². The lowest BCUT2D eigenvalue weighted by atomic mass is 10.1. The molecule has 0 unspecified atom stereocenters. The van der Waals surface area contributed by atoms with E-state index < -0.39 is 0 Å². The highest BCUT2D eigenvalue weighted by Crippen LogP contribution is 2.30. The zero-order valence-electron chi connectivity index (χ0n) is 16.4. The van der Waals surface area contributed by atoms with Crippen molar-refractivity contribution < 1.29 is 9.47 Å². The van der Waals surface area contributed by atoms with Crippen LogP contribution in [0.15, 0.2) is 53.6 Å². The van der Waals surface area contributed by atoms with Crippen LogP contribution in [0.4, 0.5) is 5.13 Å². The van der Waals surface area contributed by atoms with Crippen molar-refractivity contribution in [1.82, 2.24) is 4.98 Å². The van der Waals surface area contributed by atoms with E-state index in [1.54, 1.807) is 17.6 Å². The van der Waals surface area contributed by atoms with Crippen molar-refractivity contribution in [2.24, 2.45) is 5.10 Å². The highest BCUT2D eigenvalue weighted by atomic mass is 32.1. The first-order valence-electron chi connectivity index (χ1n) is 9.42. The van der Waals surface area contributed by atoms with Gasteiger partial charge in [-0.05, 0) is 44.0 Å². The van der Waals surface area contributed by atoms with Gasteiger partial charge in [-0.2, -0.15) is 5.10 Å². The van der Waals surface area contributed by atoms with E-state index in [0.717, 1.165) is 44.7 Å². The molecular formula is C22H25N3O2S. The molecule has 0 atom stereocenters. The second-order valence-electron chi connectivity index (χ2n) is 6.15. The van der Waals surface area contributed by atoms with Crippen LogP contribution >= 0.6 is 11.3 Å². The summed E-state index contributed by atoms with van der Waals surface area (Å²) in [6, 6.07) is 16.0. The summed E-state index contributed by atoms with van der Waals surface area (Å²) in [7, 11) is 0. The predicted molar refractivity (Wildman–Crippen MR) is 117 cm³/mol. The molecule has 0 spiro atoms. The Morgan fingerprint density at radius 1 is 1.07 bits per heavy atom. The van der Waals surface area contributed by atoms with Crippen LogP contribution in [0.5, 0.6) is 11.5 Å². The molecule has 3 aromatic rings. The molecule has 0 radical (unpaired) electrons. The van der Waals surface area contributed by atoms with Crippen LogP contribution in [-0.2, 0) is 0 Å². The fourth-order valence-electron chi connectivity index (χ4n) is 2.67. The SMILES string of the molecule is CCCOc1ccc(/C=N/Nc2nc(-c3ccccc3)c(C)s2)cc1OCC. The molecule has 2 aromatic carbocycles. The lowest BCUT2D eigenvalue weighted by Crippen LogP contribution is -2.00. The lowest BCUT2D eigenvalue weighted by Gasteiger charge is -2.11. The van der Waals surface area contributed by atoms with E-state index >= 15 is 0 Å². The third-order valence-electron chi connectivity index (χ3n) is 3.95. The molecule has 1 aromatic heterocycles. The Morgan fingerprint density at radius 2 is 1.89 bits per heavy atom. The predicted octanol–water partition coefficient (Wildman–Crippen LogP) is 5.75. The molecule has 0 saturated heterocycles. The minimum Gasteiger partial charge on any atom is -0.490 e. The summed E-state index contributed by atoms with van der Waals surface area (Å²) in [6.07, 6.45) is 2.71. The number of aryl methyl sites for hydroxylation is 1. The Bertz CT molecular complexity index is 923. The van der Waals surface area contributed by atoms with Gasteiger partial charge in [0.2, 0.25) is 5.13 Å². The minimum absolute atomic E-state index is 0.585. The summed E-state index contributed by atoms with van der Waals surface area (Å²) in [5.41, 5.74) is 6.05. The Labute approximate surface area is 170 Å². The van der Waals surface area contributed by atoms with Crippen molar-refractivity contribution in [1.29, 1.82) is 0 Å². The van der Waals surface area contributed by atoms with Crippen LogP contribution in [0.2, 0.25) is 0 Å². The lowest BCUT2D eigenvalue weighted by molar-refractivity contribution is 0.277. The average Bonchev–Trinajstić information content (AvgIpc) is 3.09. The van der Waals surface area contributed by atoms with Gasteiger partial charge in [0.25, 0.3) is 0 Å². The highest BCUT2D eigenvalue weighted by molar-refractivity contribution is 7.15. The van der Waals surface area contributed by atoms with Gasteiger partial charge in [-0.3, -0.25) is 5.43 Å². The van der Waals surface area contributed by atoms with Gasteiger partial charge in [-0.1, -0.05) is 37.3 Å². The highest BCUT2D eigenvalue weighted by Gasteiger charge is 2.09. The van der Waals surface area contributed by atoms with Gasteiger partial charge >= 0.3 is 0 Å². The van der Waals surface area contributed by atoms with Crippen LogP contribution in [0.1, 0.15) is 30.7 Å². The fourth-order valence-corrected chi connectivity index (χ4v) is 3.46. The van der Waals surface area contributed by atoms with Crippen LogP contribution in [0.3, 0.4) is 0 Å². The third-order valence-corrected chi connectivity index (χ3v) is 4.82. The second kappa shape index (κ2) is 9.90. The van der Waals surface area contributed by atoms with Crippen molar-refractivity contribution in [3.63, 3.8) is 0 Å². The van der Waals surface area contributed by atoms with Crippen molar-refractivity contribution in [3.8, 4) is 22.8 Å². The average molecular weight is 396 g/mol. The number of hydrazone groups is 1. The van der Waals surface area contributed by atoms with Crippen molar-refractivity contribution in [2.45, 2.75) is 27.2 Å². The maximum atomic E-state index is 5.73. The summed E-state index contributed by atoms with van der Waals surface area (Å²) >= 11 is 1.59. The van der Waals surface area contributed by atoms with Crippen LogP contribution in [0, 0.1) is 6.92 Å². The summed E-state index contributed by atoms with van der Waals surface area (Å²) in [6.45, 7) is 7.36. The number of rotatable bonds is 9. The number of hydrogen-bond acceptors (Lipinski definition) is 6. The Morgan fingerprint density at radius 3 is 2.64 bits per heavy atom. The van der Waals surface area contributed by atoms with Gasteiger partial charge in [-0.15, -0.1) is 11.3 Å². The fraction of sp³-hybridized carbons (Fsp3) is 0.273. The molecule has 0 aliphatic heterocycles. The summed E-state index contributed by atoms with van der Waals surface area (Å²) in [5, 5.41) is 5.09. The summed E-state index contributed by atoms with van der Waals surface area (Å²) in [5.74, 6) is 1.49. The maximum absolute atomic E-state index is 5.73. The third kappa shape index (κ3) is 5.10. The number of aromatic nitrogens is 1. The van der Waals surface area contributed by atoms with Crippen LogP contribution in [0.25, 0.3) is 11.3 Å². The normalized spacial score (nSPS) is 11.0. The molecule has 5 nitrogen and oxygen atoms in total. The number of hydrogen-bond donors (Lipinski definition) is 1. The number of thiazole rings is 1. The van der Waals surface area contributed by atoms with Crippen LogP contribution in [-0.4, -0.2) is 24.4 Å². The Kier molecular flexibility index (Phi) is 7.03. The summed E-state index contributed by atoms with van der Waals surface area (Å²) < 4.78 is 11.4. The Balaban J connectivity index is 1.70. The monoisotopic (exact) mass is 395 g/mol. The number of nitrogens with one attached hydrogen (secondary N) is 1. The summed E-state index contributed by atoms with van der Waals surface area (Å²) in [4.78, 5) is 5.81. The molecule has 3 rings (SSSR count). The van der Waals surface area contributed by atoms with E-state index in [2.05, 4.69) is 41.5 Å². The van der Waals surface area contributed by atoms with E-state index in [4.69, 9.17) is 9.47 Å². The largest absolute Gasteiger partial charge is 0.490 e. The zero-order chi connectivity index (χ0) is 19.8. The first-order valence-corrected chi connectivity index (χ1v) is 10.2. The topological polar surface area (TPSA) is 55.7 Å². The Hall–Kier alpha value is -2.86. The van der Waals surface area contributed by atoms with Gasteiger partial charge in [0.15, 0.2) is 11.5 Å². The zero-order valence-corrected chi connectivity index (χ0v) is 17.3. The quantitative estimate of drug-likeness (QED) is 0.370. The molecule has 0 saturated carbocycles. The molecular weight excluding hydrogens is 370 g/mol. The first kappa shape index (κ1) is 19.9. The molecule has 1 heterocycles. The molecule has 0 amide bonds. The van der Waals surface area contributed by atoms with Crippen molar-refractivity contribution in [2.75, 3.05) is 18.6 Å².